The van der Waals surface area contributed by atoms with Gasteiger partial charge in [-0.05, 0) is 29.8 Å². The molecule has 2 aromatic rings. The monoisotopic (exact) mass is 346 g/mol. The molecule has 0 radical (unpaired) electrons. The lowest BCUT2D eigenvalue weighted by atomic mass is 10.1. The summed E-state index contributed by atoms with van der Waals surface area (Å²) in [5.74, 6) is -1.22. The van der Waals surface area contributed by atoms with E-state index in [1.54, 1.807) is 25.1 Å². The Bertz CT molecular complexity index is 918. The average Bonchev–Trinajstić information content (AvgIpc) is 2.55. The van der Waals surface area contributed by atoms with Gasteiger partial charge in [0.25, 0.3) is 0 Å². The van der Waals surface area contributed by atoms with Crippen LogP contribution in [0.25, 0.3) is 0 Å². The van der Waals surface area contributed by atoms with Crippen molar-refractivity contribution in [3.05, 3.63) is 59.4 Å². The van der Waals surface area contributed by atoms with Crippen LogP contribution in [0.2, 0.25) is 0 Å². The van der Waals surface area contributed by atoms with Crippen molar-refractivity contribution in [2.75, 3.05) is 11.1 Å². The Balaban J connectivity index is 2.19. The second-order valence-electron chi connectivity index (χ2n) is 5.05. The molecule has 2 aromatic carbocycles. The van der Waals surface area contributed by atoms with E-state index >= 15 is 0 Å². The molecule has 0 bridgehead atoms. The zero-order chi connectivity index (χ0) is 17.7. The van der Waals surface area contributed by atoms with Gasteiger partial charge in [-0.1, -0.05) is 25.1 Å². The van der Waals surface area contributed by atoms with Gasteiger partial charge >= 0.3 is 0 Å². The first kappa shape index (κ1) is 17.6. The molecule has 0 saturated carbocycles. The summed E-state index contributed by atoms with van der Waals surface area (Å²) in [6.45, 7) is 1.54. The molecule has 0 atom stereocenters. The molecule has 1 N–H and O–H groups in total. The number of amides is 1. The number of nitriles is 1. The first-order valence-corrected chi connectivity index (χ1v) is 8.82. The summed E-state index contributed by atoms with van der Waals surface area (Å²) in [7, 11) is -3.36. The van der Waals surface area contributed by atoms with Crippen molar-refractivity contribution in [1.82, 2.24) is 0 Å². The molecule has 0 aliphatic rings. The van der Waals surface area contributed by atoms with Crippen LogP contribution in [0.1, 0.15) is 18.1 Å². The fourth-order valence-electron chi connectivity index (χ4n) is 2.14. The van der Waals surface area contributed by atoms with Crippen LogP contribution < -0.4 is 5.32 Å². The van der Waals surface area contributed by atoms with Gasteiger partial charge in [0.1, 0.15) is 17.4 Å². The lowest BCUT2D eigenvalue weighted by molar-refractivity contribution is -0.115. The Labute approximate surface area is 139 Å². The molecule has 0 aliphatic heterocycles. The zero-order valence-electron chi connectivity index (χ0n) is 12.9. The SMILES string of the molecule is CCS(=O)(=O)c1cccc(CC(=O)Nc2cccc(F)c2C#N)c1. The molecule has 0 saturated heterocycles. The Hall–Kier alpha value is -2.72. The minimum Gasteiger partial charge on any atom is -0.325 e. The van der Waals surface area contributed by atoms with Crippen molar-refractivity contribution in [1.29, 1.82) is 5.26 Å². The molecule has 2 rings (SSSR count). The van der Waals surface area contributed by atoms with Gasteiger partial charge in [-0.3, -0.25) is 4.79 Å². The summed E-state index contributed by atoms with van der Waals surface area (Å²) in [4.78, 5) is 12.3. The molecule has 0 aromatic heterocycles. The van der Waals surface area contributed by atoms with Crippen molar-refractivity contribution < 1.29 is 17.6 Å². The van der Waals surface area contributed by atoms with Crippen molar-refractivity contribution in [3.63, 3.8) is 0 Å². The molecule has 0 spiro atoms. The highest BCUT2D eigenvalue weighted by Crippen LogP contribution is 2.19. The van der Waals surface area contributed by atoms with Gasteiger partial charge in [-0.2, -0.15) is 5.26 Å². The third-order valence-corrected chi connectivity index (χ3v) is 5.13. The lowest BCUT2D eigenvalue weighted by Gasteiger charge is -2.08. The highest BCUT2D eigenvalue weighted by molar-refractivity contribution is 7.91. The summed E-state index contributed by atoms with van der Waals surface area (Å²) in [6.07, 6.45) is -0.0888. The molecule has 0 heterocycles. The minimum atomic E-state index is -3.36. The Kier molecular flexibility index (Phi) is 5.31. The Morgan fingerprint density at radius 1 is 1.25 bits per heavy atom. The molecule has 0 fully saturated rings. The molecule has 124 valence electrons. The molecular weight excluding hydrogens is 331 g/mol. The largest absolute Gasteiger partial charge is 0.325 e. The summed E-state index contributed by atoms with van der Waals surface area (Å²) in [5, 5.41) is 11.4. The highest BCUT2D eigenvalue weighted by Gasteiger charge is 2.14. The third kappa shape index (κ3) is 3.97. The first-order valence-electron chi connectivity index (χ1n) is 7.17. The number of carbonyl (C=O) groups is 1. The van der Waals surface area contributed by atoms with Gasteiger partial charge in [-0.15, -0.1) is 0 Å². The molecule has 7 heteroatoms. The smallest absolute Gasteiger partial charge is 0.228 e. The number of rotatable bonds is 5. The van der Waals surface area contributed by atoms with Crippen molar-refractivity contribution >= 4 is 21.4 Å². The van der Waals surface area contributed by atoms with Gasteiger partial charge < -0.3 is 5.32 Å². The van der Waals surface area contributed by atoms with E-state index in [-0.39, 0.29) is 28.3 Å². The number of hydrogen-bond donors (Lipinski definition) is 1. The Morgan fingerprint density at radius 2 is 1.96 bits per heavy atom. The first-order chi connectivity index (χ1) is 11.4. The number of hydrogen-bond acceptors (Lipinski definition) is 4. The van der Waals surface area contributed by atoms with E-state index < -0.39 is 21.6 Å². The number of benzene rings is 2. The predicted octanol–water partition coefficient (Wildman–Crippen LogP) is 2.67. The van der Waals surface area contributed by atoms with E-state index in [9.17, 15) is 17.6 Å². The summed E-state index contributed by atoms with van der Waals surface area (Å²) >= 11 is 0. The van der Waals surface area contributed by atoms with E-state index in [0.717, 1.165) is 6.07 Å². The standard InChI is InChI=1S/C17H15FN2O3S/c1-2-24(22,23)13-6-3-5-12(9-13)10-17(21)20-16-8-4-7-15(18)14(16)11-19/h3-9H,2,10H2,1H3,(H,20,21). The van der Waals surface area contributed by atoms with Crippen molar-refractivity contribution in [3.8, 4) is 6.07 Å². The molecule has 0 aliphatic carbocycles. The normalized spacial score (nSPS) is 10.9. The number of carbonyl (C=O) groups excluding carboxylic acids is 1. The van der Waals surface area contributed by atoms with E-state index in [0.29, 0.717) is 5.56 Å². The number of sulfone groups is 1. The topological polar surface area (TPSA) is 87.0 Å². The van der Waals surface area contributed by atoms with Crippen molar-refractivity contribution in [2.24, 2.45) is 0 Å². The molecule has 5 nitrogen and oxygen atoms in total. The number of anilines is 1. The molecule has 1 amide bonds. The van der Waals surface area contributed by atoms with Crippen LogP contribution in [0.5, 0.6) is 0 Å². The van der Waals surface area contributed by atoms with E-state index in [4.69, 9.17) is 5.26 Å². The molecule has 24 heavy (non-hydrogen) atoms. The second kappa shape index (κ2) is 7.23. The zero-order valence-corrected chi connectivity index (χ0v) is 13.7. The predicted molar refractivity (Wildman–Crippen MR) is 87.6 cm³/mol. The van der Waals surface area contributed by atoms with Gasteiger partial charge in [0.15, 0.2) is 9.84 Å². The average molecular weight is 346 g/mol. The van der Waals surface area contributed by atoms with Crippen LogP contribution in [0.3, 0.4) is 0 Å². The number of nitrogens with one attached hydrogen (secondary N) is 1. The summed E-state index contributed by atoms with van der Waals surface area (Å²) in [5.41, 5.74) is 0.352. The van der Waals surface area contributed by atoms with Gasteiger partial charge in [0, 0.05) is 0 Å². The molecular formula is C17H15FN2O3S. The van der Waals surface area contributed by atoms with Crippen LogP contribution in [0, 0.1) is 17.1 Å². The maximum absolute atomic E-state index is 13.5. The van der Waals surface area contributed by atoms with Gasteiger partial charge in [-0.25, -0.2) is 12.8 Å². The summed E-state index contributed by atoms with van der Waals surface area (Å²) < 4.78 is 37.3. The minimum absolute atomic E-state index is 0.0303. The van der Waals surface area contributed by atoms with E-state index in [1.807, 2.05) is 0 Å². The fraction of sp³-hybridized carbons (Fsp3) is 0.176. The van der Waals surface area contributed by atoms with Gasteiger partial charge in [0.2, 0.25) is 5.91 Å². The highest BCUT2D eigenvalue weighted by atomic mass is 32.2. The van der Waals surface area contributed by atoms with Crippen molar-refractivity contribution in [2.45, 2.75) is 18.2 Å². The van der Waals surface area contributed by atoms with Crippen LogP contribution in [0.15, 0.2) is 47.4 Å². The quantitative estimate of drug-likeness (QED) is 0.902. The van der Waals surface area contributed by atoms with Gasteiger partial charge in [0.05, 0.1) is 22.8 Å². The van der Waals surface area contributed by atoms with Crippen LogP contribution >= 0.6 is 0 Å². The maximum Gasteiger partial charge on any atom is 0.228 e. The fourth-order valence-corrected chi connectivity index (χ4v) is 3.09. The summed E-state index contributed by atoms with van der Waals surface area (Å²) in [6, 6.07) is 11.8. The van der Waals surface area contributed by atoms with Crippen LogP contribution in [-0.4, -0.2) is 20.1 Å². The number of halogens is 1. The third-order valence-electron chi connectivity index (χ3n) is 3.40. The van der Waals surface area contributed by atoms with Crippen LogP contribution in [-0.2, 0) is 21.1 Å². The van der Waals surface area contributed by atoms with Crippen LogP contribution in [0.4, 0.5) is 10.1 Å². The lowest BCUT2D eigenvalue weighted by Crippen LogP contribution is -2.16. The number of nitrogens with zero attached hydrogens (tertiary/aromatic N) is 1. The maximum atomic E-state index is 13.5. The Morgan fingerprint density at radius 3 is 2.62 bits per heavy atom. The molecule has 0 unspecified atom stereocenters. The van der Waals surface area contributed by atoms with E-state index in [1.165, 1.54) is 24.3 Å². The second-order valence-corrected chi connectivity index (χ2v) is 7.33. The van der Waals surface area contributed by atoms with E-state index in [2.05, 4.69) is 5.32 Å².